The molecule has 0 amide bonds. The average molecular weight is 70.1 g/mol. The van der Waals surface area contributed by atoms with Crippen LogP contribution in [0.15, 0.2) is 11.4 Å². The molecule has 0 radical (unpaired) electrons. The summed E-state index contributed by atoms with van der Waals surface area (Å²) in [5.74, 6) is 1.66. The molecule has 26 valence electrons. The predicted octanol–water partition coefficient (Wildman–Crippen LogP) is 0.515. The summed E-state index contributed by atoms with van der Waals surface area (Å²) >= 11 is 0. The molecule has 0 aromatic rings. The zero-order valence-electron chi connectivity index (χ0n) is 2.43. The molecule has 0 unspecified atom stereocenters. The first-order chi connectivity index (χ1) is 2.41. The molecule has 0 aromatic carbocycles. The van der Waals surface area contributed by atoms with Gasteiger partial charge in [-0.2, -0.15) is 0 Å². The molecule has 3 nitrogen and oxygen atoms in total. The van der Waals surface area contributed by atoms with E-state index in [1.807, 2.05) is 0 Å². The molecule has 0 aliphatic carbocycles. The molecule has 0 saturated heterocycles. The van der Waals surface area contributed by atoms with Crippen molar-refractivity contribution in [3.63, 3.8) is 0 Å². The van der Waals surface area contributed by atoms with Crippen LogP contribution in [0.4, 0.5) is 0 Å². The lowest BCUT2D eigenvalue weighted by Gasteiger charge is -1.40. The van der Waals surface area contributed by atoms with Gasteiger partial charge in [0.2, 0.25) is 0 Å². The Morgan fingerprint density at radius 3 is 2.60 bits per heavy atom. The molecule has 0 bridgehead atoms. The fraction of sp³-hybridized carbons (Fsp3) is 0. The van der Waals surface area contributed by atoms with E-state index in [1.54, 1.807) is 5.87 Å². The van der Waals surface area contributed by atoms with Crippen LogP contribution in [0.1, 0.15) is 0 Å². The highest BCUT2D eigenvalue weighted by atomic mass is 16.2. The lowest BCUT2D eigenvalue weighted by atomic mass is 11.0. The molecule has 5 heavy (non-hydrogen) atoms. The number of nitrogens with zero attached hydrogens (tertiary/aromatic N) is 1. The van der Waals surface area contributed by atoms with E-state index in [4.69, 9.17) is 10.3 Å². The van der Waals surface area contributed by atoms with Crippen LogP contribution in [0.3, 0.4) is 0 Å². The normalized spacial score (nSPS) is 4.80. The summed E-state index contributed by atoms with van der Waals surface area (Å²) in [6, 6.07) is 0. The van der Waals surface area contributed by atoms with Crippen LogP contribution in [0.25, 0.3) is 0 Å². The molecule has 0 aliphatic rings. The van der Waals surface area contributed by atoms with Crippen molar-refractivity contribution in [2.75, 3.05) is 0 Å². The Morgan fingerprint density at radius 2 is 2.60 bits per heavy atom. The van der Waals surface area contributed by atoms with Crippen LogP contribution < -0.4 is 0 Å². The SMILES string of the molecule is N=C=CN=O. The summed E-state index contributed by atoms with van der Waals surface area (Å²) in [7, 11) is 0. The molecule has 0 aromatic heterocycles. The van der Waals surface area contributed by atoms with E-state index in [1.165, 1.54) is 0 Å². The van der Waals surface area contributed by atoms with Crippen molar-refractivity contribution in [3.8, 4) is 0 Å². The minimum absolute atomic E-state index is 0.736. The topological polar surface area (TPSA) is 53.3 Å². The zero-order valence-corrected chi connectivity index (χ0v) is 2.43. The monoisotopic (exact) mass is 70.0 g/mol. The molecule has 0 spiro atoms. The molecule has 0 heterocycles. The van der Waals surface area contributed by atoms with E-state index in [-0.39, 0.29) is 0 Å². The number of nitrogens with one attached hydrogen (secondary N) is 1. The lowest BCUT2D eigenvalue weighted by Crippen LogP contribution is -1.36. The Bertz CT molecular complexity index is 71.7. The van der Waals surface area contributed by atoms with Crippen LogP contribution in [0.5, 0.6) is 0 Å². The first kappa shape index (κ1) is 4.05. The van der Waals surface area contributed by atoms with Crippen molar-refractivity contribution in [3.05, 3.63) is 11.1 Å². The fourth-order valence-corrected chi connectivity index (χ4v) is 0.0264. The van der Waals surface area contributed by atoms with Crippen LogP contribution in [0, 0.1) is 10.3 Å². The van der Waals surface area contributed by atoms with Crippen LogP contribution in [0.2, 0.25) is 0 Å². The number of hydrogen-bond donors (Lipinski definition) is 1. The second-order valence-electron chi connectivity index (χ2n) is 0.379. The van der Waals surface area contributed by atoms with E-state index < -0.39 is 0 Å². The smallest absolute Gasteiger partial charge is 0.132 e. The average Bonchev–Trinajstić information content (AvgIpc) is 1.41. The summed E-state index contributed by atoms with van der Waals surface area (Å²) in [5, 5.41) is 8.18. The fourth-order valence-electron chi connectivity index (χ4n) is 0.0264. The summed E-state index contributed by atoms with van der Waals surface area (Å²) < 4.78 is 0. The summed E-state index contributed by atoms with van der Waals surface area (Å²) in [6.07, 6.45) is 0.736. The van der Waals surface area contributed by atoms with Crippen molar-refractivity contribution in [1.82, 2.24) is 0 Å². The minimum atomic E-state index is 0.736. The third-order valence-corrected chi connectivity index (χ3v) is 0.117. The quantitative estimate of drug-likeness (QED) is 0.354. The highest BCUT2D eigenvalue weighted by molar-refractivity contribution is 5.46. The summed E-state index contributed by atoms with van der Waals surface area (Å²) in [4.78, 5) is 8.92. The number of nitroso groups, excluding NO2 is 1. The van der Waals surface area contributed by atoms with Gasteiger partial charge < -0.3 is 0 Å². The first-order valence-corrected chi connectivity index (χ1v) is 0.979. The Balaban J connectivity index is 3.31. The van der Waals surface area contributed by atoms with Gasteiger partial charge >= 0.3 is 0 Å². The van der Waals surface area contributed by atoms with Crippen molar-refractivity contribution in [2.45, 2.75) is 0 Å². The van der Waals surface area contributed by atoms with Gasteiger partial charge in [0.25, 0.3) is 0 Å². The third-order valence-electron chi connectivity index (χ3n) is 0.117. The van der Waals surface area contributed by atoms with Crippen molar-refractivity contribution < 1.29 is 0 Å². The maximum absolute atomic E-state index is 8.92. The van der Waals surface area contributed by atoms with E-state index in [9.17, 15) is 0 Å². The second-order valence-corrected chi connectivity index (χ2v) is 0.379. The van der Waals surface area contributed by atoms with Crippen molar-refractivity contribution >= 4 is 5.87 Å². The number of rotatable bonds is 1. The van der Waals surface area contributed by atoms with Crippen molar-refractivity contribution in [2.24, 2.45) is 5.18 Å². The lowest BCUT2D eigenvalue weighted by molar-refractivity contribution is 1.53. The molecular weight excluding hydrogens is 68.0 g/mol. The van der Waals surface area contributed by atoms with Gasteiger partial charge in [0, 0.05) is 5.87 Å². The van der Waals surface area contributed by atoms with Gasteiger partial charge in [0.1, 0.15) is 6.20 Å². The minimum Gasteiger partial charge on any atom is -0.257 e. The highest BCUT2D eigenvalue weighted by Crippen LogP contribution is 1.51. The standard InChI is InChI=1S/C2H2N2O/c3-1-2-4-5/h2-3H. The van der Waals surface area contributed by atoms with Crippen LogP contribution in [-0.2, 0) is 0 Å². The Morgan fingerprint density at radius 1 is 2.00 bits per heavy atom. The Kier molecular flexibility index (Phi) is 2.47. The van der Waals surface area contributed by atoms with Crippen molar-refractivity contribution in [1.29, 1.82) is 5.41 Å². The van der Waals surface area contributed by atoms with E-state index in [2.05, 4.69) is 5.18 Å². The molecule has 0 fully saturated rings. The highest BCUT2D eigenvalue weighted by Gasteiger charge is 1.44. The maximum atomic E-state index is 8.92. The molecule has 0 rings (SSSR count). The summed E-state index contributed by atoms with van der Waals surface area (Å²) in [5.41, 5.74) is 0. The zero-order chi connectivity index (χ0) is 4.12. The Hall–Kier alpha value is -0.950. The molecule has 0 aliphatic heterocycles. The molecule has 1 N–H and O–H groups in total. The van der Waals surface area contributed by atoms with E-state index in [0.29, 0.717) is 0 Å². The van der Waals surface area contributed by atoms with E-state index in [0.717, 1.165) is 6.20 Å². The predicted molar refractivity (Wildman–Crippen MR) is 18.1 cm³/mol. The maximum Gasteiger partial charge on any atom is 0.132 e. The van der Waals surface area contributed by atoms with Gasteiger partial charge in [-0.25, -0.2) is 0 Å². The van der Waals surface area contributed by atoms with Gasteiger partial charge in [-0.15, -0.1) is 4.91 Å². The van der Waals surface area contributed by atoms with Gasteiger partial charge in [-0.3, -0.25) is 5.41 Å². The van der Waals surface area contributed by atoms with Gasteiger partial charge in [0.15, 0.2) is 0 Å². The number of hydrogen-bond acceptors (Lipinski definition) is 3. The first-order valence-electron chi connectivity index (χ1n) is 0.979. The largest absolute Gasteiger partial charge is 0.257 e. The van der Waals surface area contributed by atoms with Crippen LogP contribution in [-0.4, -0.2) is 5.87 Å². The van der Waals surface area contributed by atoms with Crippen LogP contribution >= 0.6 is 0 Å². The third kappa shape index (κ3) is 3.05. The molecular formula is C2H2N2O. The van der Waals surface area contributed by atoms with Gasteiger partial charge in [-0.05, 0) is 5.18 Å². The second kappa shape index (κ2) is 3.05. The van der Waals surface area contributed by atoms with Gasteiger partial charge in [0.05, 0.1) is 0 Å². The summed E-state index contributed by atoms with van der Waals surface area (Å²) in [6.45, 7) is 0. The Labute approximate surface area is 28.8 Å². The van der Waals surface area contributed by atoms with E-state index >= 15 is 0 Å². The van der Waals surface area contributed by atoms with Gasteiger partial charge in [-0.1, -0.05) is 0 Å². The molecule has 0 saturated carbocycles. The molecule has 0 atom stereocenters. The molecule has 3 heteroatoms.